The molecule has 0 aromatic carbocycles. The molecule has 0 saturated carbocycles. The maximum atomic E-state index is 11.3. The molecule has 5 N–H and O–H groups in total. The zero-order valence-corrected chi connectivity index (χ0v) is 8.23. The van der Waals surface area contributed by atoms with Gasteiger partial charge in [0.05, 0.1) is 0 Å². The Morgan fingerprint density at radius 3 is 2.87 bits per heavy atom. The van der Waals surface area contributed by atoms with Crippen molar-refractivity contribution in [3.8, 4) is 0 Å². The van der Waals surface area contributed by atoms with Gasteiger partial charge in [-0.25, -0.2) is 4.79 Å². The summed E-state index contributed by atoms with van der Waals surface area (Å²) in [6.45, 7) is 1.72. The summed E-state index contributed by atoms with van der Waals surface area (Å²) in [5.41, 5.74) is 5.85. The third kappa shape index (κ3) is 2.59. The highest BCUT2D eigenvalue weighted by Crippen LogP contribution is 2.09. The van der Waals surface area contributed by atoms with E-state index in [0.29, 0.717) is 5.57 Å². The molecule has 0 saturated heterocycles. The van der Waals surface area contributed by atoms with Crippen LogP contribution in [-0.2, 0) is 4.79 Å². The van der Waals surface area contributed by atoms with Crippen molar-refractivity contribution in [2.45, 2.75) is 13.0 Å². The Morgan fingerprint density at radius 1 is 1.73 bits per heavy atom. The summed E-state index contributed by atoms with van der Waals surface area (Å²) in [4.78, 5) is 23.0. The van der Waals surface area contributed by atoms with Crippen LogP contribution in [0.5, 0.6) is 0 Å². The maximum Gasteiger partial charge on any atom is 0.324 e. The molecule has 1 aliphatic rings. The van der Waals surface area contributed by atoms with Gasteiger partial charge >= 0.3 is 12.0 Å². The van der Waals surface area contributed by atoms with Crippen LogP contribution in [0.3, 0.4) is 0 Å². The van der Waals surface area contributed by atoms with Crippen LogP contribution in [0.2, 0.25) is 0 Å². The first-order valence-electron chi connectivity index (χ1n) is 4.35. The van der Waals surface area contributed by atoms with Crippen molar-refractivity contribution in [3.05, 3.63) is 11.5 Å². The summed E-state index contributed by atoms with van der Waals surface area (Å²) in [6, 6.07) is -1.67. The predicted octanol–water partition coefficient (Wildman–Crippen LogP) is -0.787. The van der Waals surface area contributed by atoms with E-state index in [0.717, 1.165) is 0 Å². The number of carbonyl (C=O) groups is 2. The van der Waals surface area contributed by atoms with Gasteiger partial charge in [0, 0.05) is 18.7 Å². The zero-order valence-electron chi connectivity index (χ0n) is 8.23. The number of aliphatic carboxylic acids is 1. The molecule has 1 heterocycles. The molecule has 1 rings (SSSR count). The van der Waals surface area contributed by atoms with Crippen LogP contribution < -0.4 is 11.1 Å². The van der Waals surface area contributed by atoms with E-state index in [2.05, 4.69) is 5.32 Å². The number of rotatable bonds is 3. The molecule has 0 aliphatic carbocycles. The normalized spacial score (nSPS) is 18.8. The number of nitrogens with two attached hydrogens (primary N) is 1. The van der Waals surface area contributed by atoms with Crippen molar-refractivity contribution in [2.75, 3.05) is 13.1 Å². The number of hydrogen-bond acceptors (Lipinski definition) is 4. The molecule has 1 atom stereocenters. The van der Waals surface area contributed by atoms with Crippen LogP contribution in [0.15, 0.2) is 11.5 Å². The molecule has 84 valence electrons. The van der Waals surface area contributed by atoms with Gasteiger partial charge in [0.1, 0.15) is 6.04 Å². The summed E-state index contributed by atoms with van der Waals surface area (Å²) >= 11 is 0. The molecule has 7 heteroatoms. The van der Waals surface area contributed by atoms with E-state index in [1.807, 2.05) is 0 Å². The molecular formula is C8H13N3O4. The Morgan fingerprint density at radius 2 is 2.33 bits per heavy atom. The number of carbonyl (C=O) groups excluding carboxylic acids is 1. The van der Waals surface area contributed by atoms with Gasteiger partial charge in [-0.2, -0.15) is 0 Å². The van der Waals surface area contributed by atoms with Crippen molar-refractivity contribution in [1.82, 2.24) is 10.2 Å². The third-order valence-corrected chi connectivity index (χ3v) is 2.08. The van der Waals surface area contributed by atoms with E-state index >= 15 is 0 Å². The summed E-state index contributed by atoms with van der Waals surface area (Å²) in [5.74, 6) is -1.35. The first-order chi connectivity index (χ1) is 6.91. The van der Waals surface area contributed by atoms with Crippen LogP contribution in [0.1, 0.15) is 6.92 Å². The molecule has 0 fully saturated rings. The fraction of sp³-hybridized carbons (Fsp3) is 0.500. The highest BCUT2D eigenvalue weighted by molar-refractivity contribution is 5.79. The third-order valence-electron chi connectivity index (χ3n) is 2.08. The zero-order chi connectivity index (χ0) is 11.6. The molecule has 0 unspecified atom stereocenters. The number of carboxylic acids is 1. The van der Waals surface area contributed by atoms with Gasteiger partial charge in [0.25, 0.3) is 0 Å². The van der Waals surface area contributed by atoms with Gasteiger partial charge in [0.2, 0.25) is 0 Å². The number of nitrogens with one attached hydrogen (secondary N) is 1. The van der Waals surface area contributed by atoms with Crippen LogP contribution in [0.4, 0.5) is 4.79 Å². The largest absolute Gasteiger partial charge is 0.494 e. The second kappa shape index (κ2) is 4.18. The minimum Gasteiger partial charge on any atom is -0.494 e. The lowest BCUT2D eigenvalue weighted by atomic mass is 10.2. The predicted molar refractivity (Wildman–Crippen MR) is 51.0 cm³/mol. The maximum absolute atomic E-state index is 11.3. The number of hydrogen-bond donors (Lipinski definition) is 4. The fourth-order valence-corrected chi connectivity index (χ4v) is 1.18. The smallest absolute Gasteiger partial charge is 0.324 e. The quantitative estimate of drug-likeness (QED) is 0.492. The van der Waals surface area contributed by atoms with E-state index < -0.39 is 18.0 Å². The first-order valence-corrected chi connectivity index (χ1v) is 4.35. The van der Waals surface area contributed by atoms with Gasteiger partial charge < -0.3 is 20.8 Å². The lowest BCUT2D eigenvalue weighted by Crippen LogP contribution is -2.51. The van der Waals surface area contributed by atoms with E-state index in [4.69, 9.17) is 10.8 Å². The summed E-state index contributed by atoms with van der Waals surface area (Å²) < 4.78 is 0. The van der Waals surface area contributed by atoms with E-state index in [1.165, 1.54) is 4.90 Å². The van der Waals surface area contributed by atoms with Crippen LogP contribution >= 0.6 is 0 Å². The molecule has 0 aromatic heterocycles. The topological polar surface area (TPSA) is 116 Å². The monoisotopic (exact) mass is 215 g/mol. The number of carboxylic acid groups (broad SMARTS) is 1. The minimum atomic E-state index is -1.17. The molecule has 0 spiro atoms. The number of amides is 2. The molecule has 2 amide bonds. The van der Waals surface area contributed by atoms with Gasteiger partial charge in [-0.15, -0.1) is 0 Å². The molecule has 15 heavy (non-hydrogen) atoms. The highest BCUT2D eigenvalue weighted by Gasteiger charge is 2.25. The number of nitrogens with zero attached hydrogens (tertiary/aromatic N) is 1. The second-order valence-corrected chi connectivity index (χ2v) is 3.38. The minimum absolute atomic E-state index is 0.0915. The Hall–Kier alpha value is -1.76. The van der Waals surface area contributed by atoms with Gasteiger partial charge in [-0.1, -0.05) is 0 Å². The van der Waals surface area contributed by atoms with Crippen LogP contribution in [0, 0.1) is 0 Å². The Labute approximate surface area is 86.2 Å². The number of aliphatic hydroxyl groups is 1. The summed E-state index contributed by atoms with van der Waals surface area (Å²) in [6.07, 6.45) is 0. The van der Waals surface area contributed by atoms with Crippen molar-refractivity contribution in [2.24, 2.45) is 5.73 Å². The summed E-state index contributed by atoms with van der Waals surface area (Å²) in [5, 5.41) is 20.0. The van der Waals surface area contributed by atoms with Gasteiger partial charge in [0.15, 0.2) is 5.88 Å². The van der Waals surface area contributed by atoms with Crippen molar-refractivity contribution < 1.29 is 19.8 Å². The molecule has 0 aromatic rings. The average Bonchev–Trinajstić information content (AvgIpc) is 2.13. The van der Waals surface area contributed by atoms with Crippen molar-refractivity contribution in [3.63, 3.8) is 0 Å². The molecule has 0 bridgehead atoms. The van der Waals surface area contributed by atoms with E-state index in [-0.39, 0.29) is 19.0 Å². The molecule has 7 nitrogen and oxygen atoms in total. The SMILES string of the molecule is CC1=C(O)NC(=O)N(C[C@H](N)C(=O)O)C1. The standard InChI is InChI=1S/C8H13N3O4/c1-4-2-11(3-5(9)7(13)14)8(15)10-6(4)12/h5,12H,2-3,9H2,1H3,(H,10,15)(H,13,14)/t5-/m0/s1. The second-order valence-electron chi connectivity index (χ2n) is 3.38. The van der Waals surface area contributed by atoms with Crippen LogP contribution in [-0.4, -0.2) is 46.2 Å². The molecular weight excluding hydrogens is 202 g/mol. The molecule has 0 radical (unpaired) electrons. The Kier molecular flexibility index (Phi) is 3.15. The fourth-order valence-electron chi connectivity index (χ4n) is 1.18. The van der Waals surface area contributed by atoms with E-state index in [9.17, 15) is 14.7 Å². The lowest BCUT2D eigenvalue weighted by molar-refractivity contribution is -0.138. The first kappa shape index (κ1) is 11.3. The lowest BCUT2D eigenvalue weighted by Gasteiger charge is -2.28. The van der Waals surface area contributed by atoms with Crippen molar-refractivity contribution >= 4 is 12.0 Å². The number of aliphatic hydroxyl groups excluding tert-OH is 1. The number of urea groups is 1. The van der Waals surface area contributed by atoms with Gasteiger partial charge in [-0.3, -0.25) is 10.1 Å². The van der Waals surface area contributed by atoms with Crippen LogP contribution in [0.25, 0.3) is 0 Å². The highest BCUT2D eigenvalue weighted by atomic mass is 16.4. The summed E-state index contributed by atoms with van der Waals surface area (Å²) in [7, 11) is 0. The van der Waals surface area contributed by atoms with Gasteiger partial charge in [-0.05, 0) is 6.92 Å². The van der Waals surface area contributed by atoms with E-state index in [1.54, 1.807) is 6.92 Å². The Balaban J connectivity index is 2.65. The average molecular weight is 215 g/mol. The Bertz CT molecular complexity index is 326. The van der Waals surface area contributed by atoms with Crippen molar-refractivity contribution in [1.29, 1.82) is 0 Å². The molecule has 1 aliphatic heterocycles.